The number of carbonyl (C=O) groups excluding carboxylic acids is 1. The minimum Gasteiger partial charge on any atom is -0.457 e. The molecule has 4 aromatic rings. The molecular formula is C25H17IO2. The average Bonchev–Trinajstić information content (AvgIpc) is 2.75. The van der Waals surface area contributed by atoms with Crippen LogP contribution in [0.4, 0.5) is 0 Å². The topological polar surface area (TPSA) is 26.3 Å². The summed E-state index contributed by atoms with van der Waals surface area (Å²) in [5, 5.41) is 0. The number of hydrogen-bond donors (Lipinski definition) is 0. The summed E-state index contributed by atoms with van der Waals surface area (Å²) in [4.78, 5) is 12.5. The van der Waals surface area contributed by atoms with Gasteiger partial charge >= 0.3 is 0 Å². The molecule has 0 amide bonds. The molecule has 0 fully saturated rings. The van der Waals surface area contributed by atoms with Crippen LogP contribution in [0.3, 0.4) is 0 Å². The van der Waals surface area contributed by atoms with Gasteiger partial charge in [-0.05, 0) is 76.2 Å². The number of hydrogen-bond acceptors (Lipinski definition) is 2. The van der Waals surface area contributed by atoms with Gasteiger partial charge in [0.05, 0.1) is 0 Å². The van der Waals surface area contributed by atoms with Crippen LogP contribution < -0.4 is 4.74 Å². The van der Waals surface area contributed by atoms with Crippen LogP contribution in [-0.2, 0) is 0 Å². The molecule has 0 aliphatic carbocycles. The molecule has 0 unspecified atom stereocenters. The maximum atomic E-state index is 12.5. The molecule has 0 spiro atoms. The Morgan fingerprint density at radius 2 is 1.14 bits per heavy atom. The van der Waals surface area contributed by atoms with Gasteiger partial charge in [-0.15, -0.1) is 0 Å². The van der Waals surface area contributed by atoms with Crippen molar-refractivity contribution in [1.82, 2.24) is 0 Å². The molecule has 4 rings (SSSR count). The molecule has 136 valence electrons. The van der Waals surface area contributed by atoms with Crippen molar-refractivity contribution in [3.63, 3.8) is 0 Å². The highest BCUT2D eigenvalue weighted by molar-refractivity contribution is 14.1. The summed E-state index contributed by atoms with van der Waals surface area (Å²) in [6.45, 7) is 0. The van der Waals surface area contributed by atoms with Crippen LogP contribution in [0.15, 0.2) is 103 Å². The molecule has 28 heavy (non-hydrogen) atoms. The van der Waals surface area contributed by atoms with E-state index in [2.05, 4.69) is 46.9 Å². The predicted molar refractivity (Wildman–Crippen MR) is 121 cm³/mol. The summed E-state index contributed by atoms with van der Waals surface area (Å²) in [6, 6.07) is 32.8. The third kappa shape index (κ3) is 4.15. The fraction of sp³-hybridized carbons (Fsp3) is 0. The smallest absolute Gasteiger partial charge is 0.193 e. The van der Waals surface area contributed by atoms with E-state index in [1.807, 2.05) is 66.7 Å². The molecule has 0 radical (unpaired) electrons. The van der Waals surface area contributed by atoms with E-state index in [4.69, 9.17) is 4.74 Å². The van der Waals surface area contributed by atoms with Crippen molar-refractivity contribution in [3.8, 4) is 22.6 Å². The maximum Gasteiger partial charge on any atom is 0.193 e. The molecule has 4 aromatic carbocycles. The van der Waals surface area contributed by atoms with Gasteiger partial charge in [-0.3, -0.25) is 4.79 Å². The zero-order chi connectivity index (χ0) is 19.3. The van der Waals surface area contributed by atoms with E-state index in [1.165, 1.54) is 9.13 Å². The Bertz CT molecular complexity index is 1090. The summed E-state index contributed by atoms with van der Waals surface area (Å²) in [6.07, 6.45) is 0. The summed E-state index contributed by atoms with van der Waals surface area (Å²) in [7, 11) is 0. The van der Waals surface area contributed by atoms with E-state index in [-0.39, 0.29) is 5.78 Å². The van der Waals surface area contributed by atoms with E-state index in [0.29, 0.717) is 16.9 Å². The number of ketones is 1. The van der Waals surface area contributed by atoms with Crippen LogP contribution in [0.2, 0.25) is 0 Å². The van der Waals surface area contributed by atoms with Gasteiger partial charge in [0.15, 0.2) is 5.78 Å². The van der Waals surface area contributed by atoms with E-state index in [0.717, 1.165) is 11.3 Å². The predicted octanol–water partition coefficient (Wildman–Crippen LogP) is 6.98. The Morgan fingerprint density at radius 3 is 1.79 bits per heavy atom. The van der Waals surface area contributed by atoms with E-state index in [1.54, 1.807) is 12.1 Å². The molecule has 3 heteroatoms. The molecule has 0 atom stereocenters. The van der Waals surface area contributed by atoms with Gasteiger partial charge in [0.2, 0.25) is 0 Å². The number of ether oxygens (including phenoxy) is 1. The lowest BCUT2D eigenvalue weighted by atomic mass is 10.0. The molecule has 0 aliphatic rings. The quantitative estimate of drug-likeness (QED) is 0.230. The van der Waals surface area contributed by atoms with Crippen LogP contribution in [0.5, 0.6) is 11.5 Å². The summed E-state index contributed by atoms with van der Waals surface area (Å²) in [5.41, 5.74) is 3.69. The molecular weight excluding hydrogens is 459 g/mol. The standard InChI is InChI=1S/C25H17IO2/c26-24-9-5-4-8-23(24)18-10-14-21(15-11-18)28-22-16-12-20(13-17-22)25(27)19-6-2-1-3-7-19/h1-17H. The SMILES string of the molecule is O=C(c1ccccc1)c1ccc(Oc2ccc(-c3ccccc3I)cc2)cc1. The van der Waals surface area contributed by atoms with Crippen LogP contribution in [0, 0.1) is 3.57 Å². The van der Waals surface area contributed by atoms with Crippen molar-refractivity contribution in [2.75, 3.05) is 0 Å². The summed E-state index contributed by atoms with van der Waals surface area (Å²) in [5.74, 6) is 1.47. The third-order valence-electron chi connectivity index (χ3n) is 4.43. The normalized spacial score (nSPS) is 10.5. The zero-order valence-corrected chi connectivity index (χ0v) is 17.2. The zero-order valence-electron chi connectivity index (χ0n) is 15.0. The first-order valence-corrected chi connectivity index (χ1v) is 10.0. The fourth-order valence-corrected chi connectivity index (χ4v) is 3.66. The van der Waals surface area contributed by atoms with Gasteiger partial charge in [0.1, 0.15) is 11.5 Å². The van der Waals surface area contributed by atoms with E-state index in [9.17, 15) is 4.79 Å². The Balaban J connectivity index is 1.47. The minimum atomic E-state index is 0.00830. The highest BCUT2D eigenvalue weighted by Crippen LogP contribution is 2.28. The number of rotatable bonds is 5. The second-order valence-electron chi connectivity index (χ2n) is 6.33. The Labute approximate surface area is 178 Å². The summed E-state index contributed by atoms with van der Waals surface area (Å²) >= 11 is 2.34. The van der Waals surface area contributed by atoms with Gasteiger partial charge in [-0.1, -0.05) is 60.7 Å². The molecule has 0 bridgehead atoms. The number of benzene rings is 4. The lowest BCUT2D eigenvalue weighted by Gasteiger charge is -2.09. The molecule has 0 heterocycles. The van der Waals surface area contributed by atoms with Crippen molar-refractivity contribution in [2.24, 2.45) is 0 Å². The van der Waals surface area contributed by atoms with Crippen molar-refractivity contribution in [3.05, 3.63) is 118 Å². The monoisotopic (exact) mass is 476 g/mol. The van der Waals surface area contributed by atoms with Crippen LogP contribution >= 0.6 is 22.6 Å². The number of halogens is 1. The first-order valence-electron chi connectivity index (χ1n) is 8.93. The van der Waals surface area contributed by atoms with Crippen LogP contribution in [-0.4, -0.2) is 5.78 Å². The van der Waals surface area contributed by atoms with Crippen molar-refractivity contribution in [2.45, 2.75) is 0 Å². The fourth-order valence-electron chi connectivity index (χ4n) is 2.96. The largest absolute Gasteiger partial charge is 0.457 e. The van der Waals surface area contributed by atoms with Crippen molar-refractivity contribution >= 4 is 28.4 Å². The minimum absolute atomic E-state index is 0.00830. The first-order chi connectivity index (χ1) is 13.7. The second-order valence-corrected chi connectivity index (χ2v) is 7.49. The maximum absolute atomic E-state index is 12.5. The average molecular weight is 476 g/mol. The first kappa shape index (κ1) is 18.4. The second kappa shape index (κ2) is 8.40. The Morgan fingerprint density at radius 1 is 0.607 bits per heavy atom. The van der Waals surface area contributed by atoms with Crippen molar-refractivity contribution < 1.29 is 9.53 Å². The van der Waals surface area contributed by atoms with Gasteiger partial charge in [0.25, 0.3) is 0 Å². The Kier molecular flexibility index (Phi) is 5.53. The highest BCUT2D eigenvalue weighted by Gasteiger charge is 2.09. The third-order valence-corrected chi connectivity index (χ3v) is 5.37. The summed E-state index contributed by atoms with van der Waals surface area (Å²) < 4.78 is 7.14. The molecule has 0 saturated carbocycles. The molecule has 0 saturated heterocycles. The molecule has 0 N–H and O–H groups in total. The van der Waals surface area contributed by atoms with E-state index >= 15 is 0 Å². The van der Waals surface area contributed by atoms with Crippen LogP contribution in [0.25, 0.3) is 11.1 Å². The van der Waals surface area contributed by atoms with Gasteiger partial charge < -0.3 is 4.74 Å². The van der Waals surface area contributed by atoms with Gasteiger partial charge in [-0.25, -0.2) is 0 Å². The highest BCUT2D eigenvalue weighted by atomic mass is 127. The van der Waals surface area contributed by atoms with Gasteiger partial charge in [-0.2, -0.15) is 0 Å². The van der Waals surface area contributed by atoms with Crippen LogP contribution in [0.1, 0.15) is 15.9 Å². The van der Waals surface area contributed by atoms with Gasteiger partial charge in [0, 0.05) is 14.7 Å². The van der Waals surface area contributed by atoms with Crippen molar-refractivity contribution in [1.29, 1.82) is 0 Å². The lowest BCUT2D eigenvalue weighted by molar-refractivity contribution is 0.103. The number of carbonyl (C=O) groups is 1. The lowest BCUT2D eigenvalue weighted by Crippen LogP contribution is -2.00. The Hall–Kier alpha value is -2.92. The van der Waals surface area contributed by atoms with E-state index < -0.39 is 0 Å². The molecule has 0 aliphatic heterocycles. The molecule has 2 nitrogen and oxygen atoms in total. The molecule has 0 aromatic heterocycles.